The molecular formula is C14H10F3NO2. The van der Waals surface area contributed by atoms with Gasteiger partial charge in [0.15, 0.2) is 0 Å². The zero-order valence-electron chi connectivity index (χ0n) is 10.2. The summed E-state index contributed by atoms with van der Waals surface area (Å²) in [5.74, 6) is -5.06. The van der Waals surface area contributed by atoms with Crippen LogP contribution < -0.4 is 0 Å². The fraction of sp³-hybridized carbons (Fsp3) is 0.143. The lowest BCUT2D eigenvalue weighted by Crippen LogP contribution is -2.17. The minimum absolute atomic E-state index is 0.136. The van der Waals surface area contributed by atoms with Crippen LogP contribution in [0.5, 0.6) is 0 Å². The number of nitrogens with zero attached hydrogens (tertiary/aromatic N) is 1. The van der Waals surface area contributed by atoms with Crippen LogP contribution in [0.4, 0.5) is 13.2 Å². The molecule has 0 bridgehead atoms. The van der Waals surface area contributed by atoms with E-state index in [9.17, 15) is 18.0 Å². The maximum atomic E-state index is 13.6. The molecule has 2 aromatic rings. The predicted molar refractivity (Wildman–Crippen MR) is 64.6 cm³/mol. The molecule has 1 aromatic heterocycles. The third kappa shape index (κ3) is 3.14. The van der Waals surface area contributed by atoms with E-state index >= 15 is 0 Å². The topological polar surface area (TPSA) is 50.2 Å². The number of rotatable bonds is 4. The number of hydrogen-bond donors (Lipinski definition) is 1. The van der Waals surface area contributed by atoms with E-state index in [0.717, 1.165) is 12.3 Å². The van der Waals surface area contributed by atoms with Gasteiger partial charge in [-0.2, -0.15) is 0 Å². The lowest BCUT2D eigenvalue weighted by atomic mass is 9.95. The van der Waals surface area contributed by atoms with E-state index in [1.165, 1.54) is 18.2 Å². The summed E-state index contributed by atoms with van der Waals surface area (Å²) in [4.78, 5) is 14.7. The van der Waals surface area contributed by atoms with Gasteiger partial charge in [-0.1, -0.05) is 12.1 Å². The van der Waals surface area contributed by atoms with Crippen molar-refractivity contribution in [2.45, 2.75) is 12.3 Å². The largest absolute Gasteiger partial charge is 0.481 e. The van der Waals surface area contributed by atoms with E-state index < -0.39 is 29.3 Å². The summed E-state index contributed by atoms with van der Waals surface area (Å²) < 4.78 is 39.5. The summed E-state index contributed by atoms with van der Waals surface area (Å²) in [5.41, 5.74) is 0.0195. The Kier molecular flexibility index (Phi) is 4.02. The molecule has 0 aliphatic carbocycles. The van der Waals surface area contributed by atoms with E-state index in [0.29, 0.717) is 11.6 Å². The first-order chi connectivity index (χ1) is 9.47. The Morgan fingerprint density at radius 3 is 2.55 bits per heavy atom. The molecule has 1 N–H and O–H groups in total. The first-order valence-corrected chi connectivity index (χ1v) is 5.75. The molecule has 0 spiro atoms. The van der Waals surface area contributed by atoms with Crippen molar-refractivity contribution in [1.82, 2.24) is 4.98 Å². The molecule has 1 atom stereocenters. The molecule has 6 heteroatoms. The minimum atomic E-state index is -1.31. The Morgan fingerprint density at radius 1 is 1.20 bits per heavy atom. The van der Waals surface area contributed by atoms with Gasteiger partial charge in [-0.25, -0.2) is 13.2 Å². The molecule has 0 aliphatic heterocycles. The average Bonchev–Trinajstić information content (AvgIpc) is 2.36. The lowest BCUT2D eigenvalue weighted by Gasteiger charge is -2.12. The number of halogens is 3. The van der Waals surface area contributed by atoms with Gasteiger partial charge < -0.3 is 5.11 Å². The predicted octanol–water partition coefficient (Wildman–Crippen LogP) is 2.91. The summed E-state index contributed by atoms with van der Waals surface area (Å²) in [6.45, 7) is 0. The van der Waals surface area contributed by atoms with Crippen molar-refractivity contribution < 1.29 is 23.1 Å². The Bertz CT molecular complexity index is 646. The Labute approximate surface area is 112 Å². The molecule has 0 saturated heterocycles. The number of aromatic nitrogens is 1. The van der Waals surface area contributed by atoms with E-state index in [-0.39, 0.29) is 12.1 Å². The number of carbonyl (C=O) groups is 1. The maximum absolute atomic E-state index is 13.6. The molecule has 20 heavy (non-hydrogen) atoms. The van der Waals surface area contributed by atoms with Crippen LogP contribution in [0.25, 0.3) is 0 Å². The SMILES string of the molecule is O=C(O)C(Cc1cccc(F)c1)c1ncc(F)cc1F. The molecule has 0 fully saturated rings. The zero-order chi connectivity index (χ0) is 14.7. The summed E-state index contributed by atoms with van der Waals surface area (Å²) >= 11 is 0. The van der Waals surface area contributed by atoms with Gasteiger partial charge >= 0.3 is 5.97 Å². The van der Waals surface area contributed by atoms with Gasteiger partial charge in [0.2, 0.25) is 0 Å². The van der Waals surface area contributed by atoms with E-state index in [1.807, 2.05) is 0 Å². The second kappa shape index (κ2) is 5.73. The molecule has 2 rings (SSSR count). The van der Waals surface area contributed by atoms with Gasteiger partial charge in [-0.05, 0) is 24.1 Å². The summed E-state index contributed by atoms with van der Waals surface area (Å²) in [7, 11) is 0. The van der Waals surface area contributed by atoms with E-state index in [4.69, 9.17) is 5.11 Å². The molecule has 104 valence electrons. The fourth-order valence-corrected chi connectivity index (χ4v) is 1.88. The number of benzene rings is 1. The van der Waals surface area contributed by atoms with E-state index in [1.54, 1.807) is 0 Å². The highest BCUT2D eigenvalue weighted by Gasteiger charge is 2.25. The quantitative estimate of drug-likeness (QED) is 0.937. The van der Waals surface area contributed by atoms with Gasteiger partial charge in [0.1, 0.15) is 23.4 Å². The second-order valence-corrected chi connectivity index (χ2v) is 4.25. The molecule has 0 amide bonds. The van der Waals surface area contributed by atoms with Crippen LogP contribution >= 0.6 is 0 Å². The molecule has 1 heterocycles. The van der Waals surface area contributed by atoms with Gasteiger partial charge in [-0.3, -0.25) is 9.78 Å². The highest BCUT2D eigenvalue weighted by molar-refractivity contribution is 5.76. The number of pyridine rings is 1. The second-order valence-electron chi connectivity index (χ2n) is 4.25. The van der Waals surface area contributed by atoms with Crippen molar-refractivity contribution in [3.63, 3.8) is 0 Å². The first-order valence-electron chi connectivity index (χ1n) is 5.75. The maximum Gasteiger partial charge on any atom is 0.313 e. The van der Waals surface area contributed by atoms with Crippen LogP contribution in [0.3, 0.4) is 0 Å². The van der Waals surface area contributed by atoms with Crippen LogP contribution in [0, 0.1) is 17.5 Å². The third-order valence-corrected chi connectivity index (χ3v) is 2.79. The first kappa shape index (κ1) is 14.0. The van der Waals surface area contributed by atoms with Crippen molar-refractivity contribution in [3.05, 3.63) is 65.2 Å². The van der Waals surface area contributed by atoms with Crippen molar-refractivity contribution in [2.75, 3.05) is 0 Å². The normalized spacial score (nSPS) is 12.2. The monoisotopic (exact) mass is 281 g/mol. The Balaban J connectivity index is 2.34. The average molecular weight is 281 g/mol. The standard InChI is InChI=1S/C14H10F3NO2/c15-9-3-1-2-8(4-9)5-11(14(19)20)13-12(17)6-10(16)7-18-13/h1-4,6-7,11H,5H2,(H,19,20). The minimum Gasteiger partial charge on any atom is -0.481 e. The van der Waals surface area contributed by atoms with Gasteiger partial charge in [-0.15, -0.1) is 0 Å². The molecular weight excluding hydrogens is 271 g/mol. The number of carboxylic acids is 1. The molecule has 1 unspecified atom stereocenters. The van der Waals surface area contributed by atoms with Crippen LogP contribution in [0.1, 0.15) is 17.2 Å². The Hall–Kier alpha value is -2.37. The van der Waals surface area contributed by atoms with Crippen molar-refractivity contribution in [1.29, 1.82) is 0 Å². The molecule has 0 radical (unpaired) electrons. The van der Waals surface area contributed by atoms with Crippen molar-refractivity contribution in [2.24, 2.45) is 0 Å². The summed E-state index contributed by atoms with van der Waals surface area (Å²) in [6, 6.07) is 5.91. The summed E-state index contributed by atoms with van der Waals surface area (Å²) in [5, 5.41) is 9.16. The van der Waals surface area contributed by atoms with Gasteiger partial charge in [0.05, 0.1) is 11.9 Å². The van der Waals surface area contributed by atoms with Crippen molar-refractivity contribution in [3.8, 4) is 0 Å². The van der Waals surface area contributed by atoms with Crippen LogP contribution in [0.15, 0.2) is 36.5 Å². The molecule has 0 saturated carbocycles. The molecule has 3 nitrogen and oxygen atoms in total. The Morgan fingerprint density at radius 2 is 1.95 bits per heavy atom. The van der Waals surface area contributed by atoms with Crippen molar-refractivity contribution >= 4 is 5.97 Å². The number of carboxylic acid groups (broad SMARTS) is 1. The van der Waals surface area contributed by atoms with Crippen LogP contribution in [0.2, 0.25) is 0 Å². The highest BCUT2D eigenvalue weighted by Crippen LogP contribution is 2.23. The lowest BCUT2D eigenvalue weighted by molar-refractivity contribution is -0.138. The van der Waals surface area contributed by atoms with Crippen LogP contribution in [-0.2, 0) is 11.2 Å². The summed E-state index contributed by atoms with van der Waals surface area (Å²) in [6.07, 6.45) is 0.614. The third-order valence-electron chi connectivity index (χ3n) is 2.79. The smallest absolute Gasteiger partial charge is 0.313 e. The zero-order valence-corrected chi connectivity index (χ0v) is 10.2. The molecule has 1 aromatic carbocycles. The number of aliphatic carboxylic acids is 1. The van der Waals surface area contributed by atoms with E-state index in [2.05, 4.69) is 4.98 Å². The fourth-order valence-electron chi connectivity index (χ4n) is 1.88. The molecule has 0 aliphatic rings. The highest BCUT2D eigenvalue weighted by atomic mass is 19.1. The van der Waals surface area contributed by atoms with Gasteiger partial charge in [0, 0.05) is 6.07 Å². The van der Waals surface area contributed by atoms with Gasteiger partial charge in [0.25, 0.3) is 0 Å². The number of hydrogen-bond acceptors (Lipinski definition) is 2. The van der Waals surface area contributed by atoms with Crippen LogP contribution in [-0.4, -0.2) is 16.1 Å².